The van der Waals surface area contributed by atoms with E-state index >= 15 is 0 Å². The van der Waals surface area contributed by atoms with Crippen LogP contribution in [-0.4, -0.2) is 33.8 Å². The molecule has 0 bridgehead atoms. The minimum absolute atomic E-state index is 0.124. The maximum Gasteiger partial charge on any atom is 0.417 e. The first-order valence-electron chi connectivity index (χ1n) is 9.39. The van der Waals surface area contributed by atoms with Crippen LogP contribution in [0.1, 0.15) is 18.3 Å². The Morgan fingerprint density at radius 1 is 1.12 bits per heavy atom. The lowest BCUT2D eigenvalue weighted by atomic mass is 10.2. The smallest absolute Gasteiger partial charge is 0.277 e. The summed E-state index contributed by atoms with van der Waals surface area (Å²) < 4.78 is 44.1. The van der Waals surface area contributed by atoms with Gasteiger partial charge in [0.1, 0.15) is 5.82 Å². The summed E-state index contributed by atoms with van der Waals surface area (Å²) in [6.45, 7) is 2.25. The van der Waals surface area contributed by atoms with Gasteiger partial charge in [0.15, 0.2) is 10.8 Å². The second-order valence-electron chi connectivity index (χ2n) is 6.86. The van der Waals surface area contributed by atoms with Gasteiger partial charge in [-0.3, -0.25) is 18.2 Å². The Morgan fingerprint density at radius 2 is 1.91 bits per heavy atom. The molecule has 0 spiro atoms. The van der Waals surface area contributed by atoms with E-state index in [1.165, 1.54) is 8.97 Å². The van der Waals surface area contributed by atoms with E-state index in [0.29, 0.717) is 29.0 Å². The van der Waals surface area contributed by atoms with Crippen LogP contribution in [0, 0.1) is 0 Å². The lowest BCUT2D eigenvalue weighted by Gasteiger charge is -2.10. The number of pyridine rings is 1. The van der Waals surface area contributed by atoms with Crippen LogP contribution in [0.3, 0.4) is 0 Å². The molecule has 8 nitrogen and oxygen atoms in total. The third-order valence-corrected chi connectivity index (χ3v) is 6.19. The summed E-state index contributed by atoms with van der Waals surface area (Å²) in [6, 6.07) is 7.93. The molecular formula is C19H13ClF3N7OS. The van der Waals surface area contributed by atoms with E-state index in [1.807, 2.05) is 6.92 Å². The number of rotatable bonds is 4. The van der Waals surface area contributed by atoms with E-state index in [2.05, 4.69) is 20.4 Å². The van der Waals surface area contributed by atoms with Gasteiger partial charge in [-0.25, -0.2) is 0 Å². The van der Waals surface area contributed by atoms with E-state index in [4.69, 9.17) is 11.6 Å². The van der Waals surface area contributed by atoms with Crippen molar-refractivity contribution in [3.63, 3.8) is 0 Å². The van der Waals surface area contributed by atoms with Gasteiger partial charge in [0.25, 0.3) is 5.56 Å². The molecule has 5 rings (SSSR count). The Kier molecular flexibility index (Phi) is 4.86. The quantitative estimate of drug-likeness (QED) is 0.361. The maximum atomic E-state index is 13.2. The van der Waals surface area contributed by atoms with Gasteiger partial charge in [0.05, 0.1) is 27.2 Å². The van der Waals surface area contributed by atoms with Gasteiger partial charge in [0, 0.05) is 12.7 Å². The van der Waals surface area contributed by atoms with Gasteiger partial charge >= 0.3 is 6.18 Å². The van der Waals surface area contributed by atoms with Gasteiger partial charge in [0.2, 0.25) is 5.78 Å². The molecule has 164 valence electrons. The van der Waals surface area contributed by atoms with Gasteiger partial charge in [-0.1, -0.05) is 35.5 Å². The van der Waals surface area contributed by atoms with E-state index in [1.54, 1.807) is 28.7 Å². The standard InChI is InChI=1S/C19H13ClF3N7OS/c1-2-28-16(31)11-5-3-4-6-13(11)30-14(24-26-17(28)30)9-32-18-27-25-15-12(20)7-10(8-29(15)18)19(21,22)23/h3-8H,2,9H2,1H3. The molecule has 32 heavy (non-hydrogen) atoms. The number of benzene rings is 1. The molecule has 0 saturated heterocycles. The fourth-order valence-electron chi connectivity index (χ4n) is 3.51. The summed E-state index contributed by atoms with van der Waals surface area (Å²) in [5.41, 5.74) is -0.299. The van der Waals surface area contributed by atoms with Crippen LogP contribution >= 0.6 is 23.4 Å². The number of thioether (sulfide) groups is 1. The van der Waals surface area contributed by atoms with Crippen LogP contribution in [0.4, 0.5) is 13.2 Å². The predicted molar refractivity (Wildman–Crippen MR) is 113 cm³/mol. The van der Waals surface area contributed by atoms with Gasteiger partial charge in [-0.05, 0) is 25.1 Å². The van der Waals surface area contributed by atoms with Crippen molar-refractivity contribution in [3.8, 4) is 0 Å². The highest BCUT2D eigenvalue weighted by atomic mass is 35.5. The Labute approximate surface area is 186 Å². The van der Waals surface area contributed by atoms with Gasteiger partial charge < -0.3 is 0 Å². The molecule has 13 heteroatoms. The Morgan fingerprint density at radius 3 is 2.66 bits per heavy atom. The molecule has 1 aromatic carbocycles. The van der Waals surface area contributed by atoms with E-state index in [0.717, 1.165) is 24.0 Å². The van der Waals surface area contributed by atoms with Crippen LogP contribution in [0.5, 0.6) is 0 Å². The monoisotopic (exact) mass is 479 g/mol. The largest absolute Gasteiger partial charge is 0.417 e. The van der Waals surface area contributed by atoms with Crippen LogP contribution < -0.4 is 5.56 Å². The zero-order valence-corrected chi connectivity index (χ0v) is 17.9. The third-order valence-electron chi connectivity index (χ3n) is 4.98. The number of aromatic nitrogens is 7. The summed E-state index contributed by atoms with van der Waals surface area (Å²) in [7, 11) is 0. The molecule has 0 radical (unpaired) electrons. The molecular weight excluding hydrogens is 467 g/mol. The Hall–Kier alpha value is -3.12. The summed E-state index contributed by atoms with van der Waals surface area (Å²) in [6.07, 6.45) is -3.65. The van der Waals surface area contributed by atoms with Crippen LogP contribution in [0.15, 0.2) is 46.5 Å². The summed E-state index contributed by atoms with van der Waals surface area (Å²) >= 11 is 7.12. The number of nitrogens with zero attached hydrogens (tertiary/aromatic N) is 7. The predicted octanol–water partition coefficient (Wildman–Crippen LogP) is 4.07. The summed E-state index contributed by atoms with van der Waals surface area (Å²) in [4.78, 5) is 12.8. The Bertz CT molecular complexity index is 1560. The molecule has 4 aromatic heterocycles. The first-order chi connectivity index (χ1) is 15.3. The zero-order chi connectivity index (χ0) is 22.6. The molecule has 0 aliphatic carbocycles. The van der Waals surface area contributed by atoms with E-state index < -0.39 is 11.7 Å². The number of alkyl halides is 3. The lowest BCUT2D eigenvalue weighted by Crippen LogP contribution is -2.22. The molecule has 0 amide bonds. The number of para-hydroxylation sites is 1. The first kappa shape index (κ1) is 20.8. The molecule has 0 atom stereocenters. The van der Waals surface area contributed by atoms with Gasteiger partial charge in [-0.15, -0.1) is 20.4 Å². The zero-order valence-electron chi connectivity index (χ0n) is 16.3. The number of halogens is 4. The molecule has 0 N–H and O–H groups in total. The van der Waals surface area contributed by atoms with Crippen LogP contribution in [-0.2, 0) is 18.5 Å². The van der Waals surface area contributed by atoms with Crippen molar-refractivity contribution in [3.05, 3.63) is 63.3 Å². The van der Waals surface area contributed by atoms with Crippen LogP contribution in [0.2, 0.25) is 5.02 Å². The molecule has 0 unspecified atom stereocenters. The Balaban J connectivity index is 1.60. The van der Waals surface area contributed by atoms with E-state index in [-0.39, 0.29) is 27.1 Å². The molecule has 0 fully saturated rings. The molecule has 0 saturated carbocycles. The summed E-state index contributed by atoms with van der Waals surface area (Å²) in [5.74, 6) is 1.13. The normalized spacial score (nSPS) is 12.4. The highest BCUT2D eigenvalue weighted by Crippen LogP contribution is 2.33. The van der Waals surface area contributed by atoms with Crippen molar-refractivity contribution in [2.24, 2.45) is 0 Å². The fourth-order valence-corrected chi connectivity index (χ4v) is 4.58. The molecule has 5 aromatic rings. The SMILES string of the molecule is CCn1c(=O)c2ccccc2n2c(CSc3nnc4c(Cl)cc(C(F)(F)F)cn34)nnc12. The second-order valence-corrected chi connectivity index (χ2v) is 8.21. The van der Waals surface area contributed by atoms with Crippen molar-refractivity contribution in [1.29, 1.82) is 0 Å². The topological polar surface area (TPSA) is 82.4 Å². The highest BCUT2D eigenvalue weighted by molar-refractivity contribution is 7.98. The average Bonchev–Trinajstić information content (AvgIpc) is 3.37. The van der Waals surface area contributed by atoms with Crippen LogP contribution in [0.25, 0.3) is 22.3 Å². The van der Waals surface area contributed by atoms with Crippen molar-refractivity contribution in [2.45, 2.75) is 30.6 Å². The van der Waals surface area contributed by atoms with Gasteiger partial charge in [-0.2, -0.15) is 13.2 Å². The average molecular weight is 480 g/mol. The minimum atomic E-state index is -4.56. The molecule has 4 heterocycles. The number of hydrogen-bond acceptors (Lipinski definition) is 6. The lowest BCUT2D eigenvalue weighted by molar-refractivity contribution is -0.137. The molecule has 0 aliphatic rings. The summed E-state index contributed by atoms with van der Waals surface area (Å²) in [5, 5.41) is 16.9. The fraction of sp³-hybridized carbons (Fsp3) is 0.211. The number of fused-ring (bicyclic) bond motifs is 4. The molecule has 0 aliphatic heterocycles. The number of hydrogen-bond donors (Lipinski definition) is 0. The third kappa shape index (κ3) is 3.21. The van der Waals surface area contributed by atoms with Crippen molar-refractivity contribution in [2.75, 3.05) is 0 Å². The van der Waals surface area contributed by atoms with Crippen molar-refractivity contribution < 1.29 is 13.2 Å². The minimum Gasteiger partial charge on any atom is -0.277 e. The number of aryl methyl sites for hydroxylation is 1. The van der Waals surface area contributed by atoms with Crippen molar-refractivity contribution >= 4 is 45.7 Å². The second kappa shape index (κ2) is 7.48. The highest BCUT2D eigenvalue weighted by Gasteiger charge is 2.32. The first-order valence-corrected chi connectivity index (χ1v) is 10.8. The van der Waals surface area contributed by atoms with Crippen molar-refractivity contribution in [1.82, 2.24) is 33.8 Å². The van der Waals surface area contributed by atoms with E-state index in [9.17, 15) is 18.0 Å². The maximum absolute atomic E-state index is 13.2.